The van der Waals surface area contributed by atoms with Crippen molar-refractivity contribution in [1.29, 1.82) is 0 Å². The minimum Gasteiger partial charge on any atom is -1.00 e. The van der Waals surface area contributed by atoms with Gasteiger partial charge in [-0.1, -0.05) is 60.7 Å². The van der Waals surface area contributed by atoms with Gasteiger partial charge in [0.1, 0.15) is 25.3 Å². The fraction of sp³-hybridized carbons (Fsp3) is 0.455. The van der Waals surface area contributed by atoms with Crippen molar-refractivity contribution in [1.82, 2.24) is 0 Å². The highest BCUT2D eigenvalue weighted by molar-refractivity contribution is 5.15. The van der Waals surface area contributed by atoms with Crippen molar-refractivity contribution in [3.8, 4) is 0 Å². The second-order valence-corrected chi connectivity index (χ2v) is 6.94. The number of halogens is 2. The van der Waals surface area contributed by atoms with Gasteiger partial charge in [-0.25, -0.2) is 0 Å². The smallest absolute Gasteiger partial charge is 0.134 e. The zero-order valence-corrected chi connectivity index (χ0v) is 17.9. The van der Waals surface area contributed by atoms with E-state index in [1.807, 2.05) is 12.1 Å². The predicted molar refractivity (Wildman–Crippen MR) is 105 cm³/mol. The highest BCUT2D eigenvalue weighted by atomic mass is 35.5. The molecule has 0 spiro atoms. The summed E-state index contributed by atoms with van der Waals surface area (Å²) in [5.74, 6) is 0. The molecule has 0 radical (unpaired) electrons. The highest BCUT2D eigenvalue weighted by Crippen LogP contribution is 2.01. The SMILES string of the molecule is OC(C[NH2+]CCCc1ccccc1)C(O)C[NH2+]CCCc1ccccc1.[Cl-].[Cl-]. The van der Waals surface area contributed by atoms with E-state index in [-0.39, 0.29) is 24.8 Å². The number of aliphatic hydroxyl groups excluding tert-OH is 2. The first kappa shape index (κ1) is 26.9. The Bertz CT molecular complexity index is 534. The topological polar surface area (TPSA) is 73.7 Å². The maximum atomic E-state index is 10.1. The largest absolute Gasteiger partial charge is 1.00 e. The van der Waals surface area contributed by atoms with E-state index in [4.69, 9.17) is 0 Å². The van der Waals surface area contributed by atoms with Gasteiger partial charge in [0.2, 0.25) is 0 Å². The molecule has 2 aromatic carbocycles. The molecule has 28 heavy (non-hydrogen) atoms. The van der Waals surface area contributed by atoms with Gasteiger partial charge in [0.15, 0.2) is 0 Å². The van der Waals surface area contributed by atoms with Crippen LogP contribution in [-0.2, 0) is 12.8 Å². The average molecular weight is 429 g/mol. The summed E-state index contributed by atoms with van der Waals surface area (Å²) >= 11 is 0. The third kappa shape index (κ3) is 11.6. The van der Waals surface area contributed by atoms with E-state index in [0.29, 0.717) is 13.1 Å². The molecule has 158 valence electrons. The Morgan fingerprint density at radius 2 is 0.964 bits per heavy atom. The van der Waals surface area contributed by atoms with Gasteiger partial charge in [0, 0.05) is 12.8 Å². The molecule has 0 aliphatic heterocycles. The van der Waals surface area contributed by atoms with Crippen molar-refractivity contribution in [3.05, 3.63) is 71.8 Å². The van der Waals surface area contributed by atoms with Gasteiger partial charge in [0.25, 0.3) is 0 Å². The molecule has 0 amide bonds. The lowest BCUT2D eigenvalue weighted by molar-refractivity contribution is -0.675. The molecule has 0 heterocycles. The monoisotopic (exact) mass is 428 g/mol. The van der Waals surface area contributed by atoms with Crippen molar-refractivity contribution in [2.75, 3.05) is 26.2 Å². The number of quaternary nitrogens is 2. The molecule has 2 aromatic rings. The van der Waals surface area contributed by atoms with Crippen LogP contribution in [0.4, 0.5) is 0 Å². The number of rotatable bonds is 13. The van der Waals surface area contributed by atoms with Crippen LogP contribution in [0.3, 0.4) is 0 Å². The third-order valence-corrected chi connectivity index (χ3v) is 4.69. The summed E-state index contributed by atoms with van der Waals surface area (Å²) < 4.78 is 0. The van der Waals surface area contributed by atoms with Gasteiger partial charge in [-0.05, 0) is 24.0 Å². The Morgan fingerprint density at radius 3 is 1.32 bits per heavy atom. The number of nitrogens with two attached hydrogens (primary N) is 2. The summed E-state index contributed by atoms with van der Waals surface area (Å²) in [7, 11) is 0. The first-order chi connectivity index (χ1) is 12.8. The molecule has 6 N–H and O–H groups in total. The van der Waals surface area contributed by atoms with Gasteiger partial charge in [-0.3, -0.25) is 0 Å². The lowest BCUT2D eigenvalue weighted by Crippen LogP contribution is -3.00. The summed E-state index contributed by atoms with van der Waals surface area (Å²) in [6, 6.07) is 20.9. The van der Waals surface area contributed by atoms with Crippen molar-refractivity contribution in [2.45, 2.75) is 37.9 Å². The quantitative estimate of drug-likeness (QED) is 0.240. The summed E-state index contributed by atoms with van der Waals surface area (Å²) in [5, 5.41) is 24.3. The van der Waals surface area contributed by atoms with Crippen molar-refractivity contribution < 1.29 is 45.7 Å². The first-order valence-electron chi connectivity index (χ1n) is 9.83. The van der Waals surface area contributed by atoms with E-state index in [1.165, 1.54) is 11.1 Å². The Balaban J connectivity index is 0.00000364. The third-order valence-electron chi connectivity index (χ3n) is 4.69. The Hall–Kier alpha value is -1.14. The normalized spacial score (nSPS) is 12.5. The number of aryl methyl sites for hydroxylation is 2. The molecule has 2 atom stereocenters. The van der Waals surface area contributed by atoms with Crippen molar-refractivity contribution in [2.24, 2.45) is 0 Å². The standard InChI is InChI=1S/C22H32N2O2.2ClH/c25-21(17-23-15-7-13-19-9-3-1-4-10-19)22(26)18-24-16-8-14-20-11-5-2-6-12-20;;/h1-6,9-12,21-26H,7-8,13-18H2;2*1H. The second kappa shape index (κ2) is 16.8. The van der Waals surface area contributed by atoms with Crippen LogP contribution in [0.5, 0.6) is 0 Å². The zero-order valence-electron chi connectivity index (χ0n) is 16.4. The Kier molecular flexibility index (Phi) is 16.1. The Labute approximate surface area is 181 Å². The van der Waals surface area contributed by atoms with Crippen LogP contribution in [0.2, 0.25) is 0 Å². The van der Waals surface area contributed by atoms with Gasteiger partial charge in [-0.2, -0.15) is 0 Å². The van der Waals surface area contributed by atoms with Crippen LogP contribution in [0.25, 0.3) is 0 Å². The minimum absolute atomic E-state index is 0. The fourth-order valence-electron chi connectivity index (χ4n) is 3.08. The van der Waals surface area contributed by atoms with Crippen LogP contribution in [0.15, 0.2) is 60.7 Å². The highest BCUT2D eigenvalue weighted by Gasteiger charge is 2.19. The molecule has 2 unspecified atom stereocenters. The van der Waals surface area contributed by atoms with E-state index in [0.717, 1.165) is 38.8 Å². The second-order valence-electron chi connectivity index (χ2n) is 6.94. The van der Waals surface area contributed by atoms with Crippen molar-refractivity contribution in [3.63, 3.8) is 0 Å². The lowest BCUT2D eigenvalue weighted by Gasteiger charge is -2.15. The molecule has 4 nitrogen and oxygen atoms in total. The van der Waals surface area contributed by atoms with Crippen LogP contribution in [0, 0.1) is 0 Å². The van der Waals surface area contributed by atoms with Crippen LogP contribution in [-0.4, -0.2) is 48.6 Å². The first-order valence-corrected chi connectivity index (χ1v) is 9.83. The predicted octanol–water partition coefficient (Wildman–Crippen LogP) is -5.89. The minimum atomic E-state index is -0.655. The van der Waals surface area contributed by atoms with E-state index >= 15 is 0 Å². The van der Waals surface area contributed by atoms with Crippen LogP contribution >= 0.6 is 0 Å². The van der Waals surface area contributed by atoms with Crippen LogP contribution in [0.1, 0.15) is 24.0 Å². The summed E-state index contributed by atoms with van der Waals surface area (Å²) in [6.07, 6.45) is 2.97. The molecule has 0 saturated carbocycles. The Morgan fingerprint density at radius 1 is 0.607 bits per heavy atom. The number of hydrogen-bond acceptors (Lipinski definition) is 2. The van der Waals surface area contributed by atoms with Crippen LogP contribution < -0.4 is 35.4 Å². The summed E-state index contributed by atoms with van der Waals surface area (Å²) in [5.41, 5.74) is 2.71. The molecule has 0 aliphatic carbocycles. The van der Waals surface area contributed by atoms with Gasteiger partial charge < -0.3 is 45.7 Å². The zero-order chi connectivity index (χ0) is 18.5. The molecule has 2 rings (SSSR count). The van der Waals surface area contributed by atoms with Gasteiger partial charge in [-0.15, -0.1) is 0 Å². The summed E-state index contributed by atoms with van der Waals surface area (Å²) in [4.78, 5) is 0. The molecule has 0 fully saturated rings. The summed E-state index contributed by atoms with van der Waals surface area (Å²) in [6.45, 7) is 3.07. The molecule has 6 heteroatoms. The van der Waals surface area contributed by atoms with Gasteiger partial charge >= 0.3 is 0 Å². The van der Waals surface area contributed by atoms with E-state index in [2.05, 4.69) is 59.2 Å². The molecular formula is C22H34Cl2N2O2. The number of hydrogen-bond donors (Lipinski definition) is 4. The molecule has 0 aliphatic rings. The van der Waals surface area contributed by atoms with E-state index < -0.39 is 12.2 Å². The van der Waals surface area contributed by atoms with Crippen molar-refractivity contribution >= 4 is 0 Å². The molecule has 0 aromatic heterocycles. The maximum Gasteiger partial charge on any atom is 0.134 e. The average Bonchev–Trinajstić information content (AvgIpc) is 2.68. The molecule has 0 bridgehead atoms. The number of aliphatic hydroxyl groups is 2. The fourth-order valence-corrected chi connectivity index (χ4v) is 3.08. The van der Waals surface area contributed by atoms with E-state index in [1.54, 1.807) is 0 Å². The maximum absolute atomic E-state index is 10.1. The molecular weight excluding hydrogens is 395 g/mol. The lowest BCUT2D eigenvalue weighted by atomic mass is 10.1. The van der Waals surface area contributed by atoms with Gasteiger partial charge in [0.05, 0.1) is 13.1 Å². The number of benzene rings is 2. The molecule has 0 saturated heterocycles. The van der Waals surface area contributed by atoms with E-state index in [9.17, 15) is 10.2 Å².